The van der Waals surface area contributed by atoms with Crippen molar-refractivity contribution in [1.29, 1.82) is 0 Å². The zero-order chi connectivity index (χ0) is 35.5. The van der Waals surface area contributed by atoms with E-state index in [9.17, 15) is 59.4 Å². The first kappa shape index (κ1) is 52.0. The molecule has 0 aromatic heterocycles. The number of carboxylic acids is 6. The third-order valence-electron chi connectivity index (χ3n) is 4.05. The molecule has 0 aliphatic rings. The Bertz CT molecular complexity index is 1130. The zero-order valence-corrected chi connectivity index (χ0v) is 27.6. The normalized spacial score (nSPS) is 10.3. The van der Waals surface area contributed by atoms with Gasteiger partial charge in [0.05, 0.1) is 54.1 Å². The van der Waals surface area contributed by atoms with Crippen LogP contribution >= 0.6 is 0 Å². The van der Waals surface area contributed by atoms with Gasteiger partial charge in [0.25, 0.3) is 0 Å². The summed E-state index contributed by atoms with van der Waals surface area (Å²) in [5.74, 6) is -7.69. The first-order valence-electron chi connectivity index (χ1n) is 12.3. The fourth-order valence-electron chi connectivity index (χ4n) is 1.72. The van der Waals surface area contributed by atoms with Crippen LogP contribution in [-0.4, -0.2) is 104 Å². The number of hydrogen-bond acceptors (Lipinski definition) is 15. The number of hydrogen-bond donors (Lipinski definition) is 3. The summed E-state index contributed by atoms with van der Waals surface area (Å²) in [5.41, 5.74) is 0.660. The van der Waals surface area contributed by atoms with Crippen molar-refractivity contribution in [2.24, 2.45) is 0 Å². The third-order valence-corrected chi connectivity index (χ3v) is 4.05. The minimum absolute atomic E-state index is 0. The van der Waals surface area contributed by atoms with Gasteiger partial charge in [-0.25, -0.2) is 0 Å². The van der Waals surface area contributed by atoms with Gasteiger partial charge in [0.1, 0.15) is 0 Å². The number of carbonyl (C=O) groups excluding carboxylic acids is 6. The molecule has 3 aromatic carbocycles. The standard InChI is InChI=1S/3C7H6O2.3C3H6O3.2Al/c3*8-7(9)6-4-2-1-3-5-6;3*1-2(4)3(5)6;;/h3*1-5H,(H,8,9);3*2,4H,1H3,(H,5,6);;/q;;;;;;2*+3/p-6. The van der Waals surface area contributed by atoms with Crippen LogP contribution in [0.3, 0.4) is 0 Å². The Kier molecular flexibility index (Phi) is 34.7. The molecule has 246 valence electrons. The Morgan fingerprint density at radius 1 is 0.404 bits per heavy atom. The minimum Gasteiger partial charge on any atom is -0.547 e. The summed E-state index contributed by atoms with van der Waals surface area (Å²) in [4.78, 5) is 58.3. The van der Waals surface area contributed by atoms with E-state index in [0.29, 0.717) is 0 Å². The van der Waals surface area contributed by atoms with Crippen LogP contribution in [0, 0.1) is 0 Å². The second-order valence-corrected chi connectivity index (χ2v) is 7.95. The van der Waals surface area contributed by atoms with E-state index in [1.165, 1.54) is 36.4 Å². The van der Waals surface area contributed by atoms with Gasteiger partial charge in [-0.15, -0.1) is 0 Å². The van der Waals surface area contributed by atoms with Crippen molar-refractivity contribution in [2.45, 2.75) is 39.1 Å². The van der Waals surface area contributed by atoms with Crippen LogP contribution in [0.4, 0.5) is 0 Å². The van der Waals surface area contributed by atoms with E-state index in [0.717, 1.165) is 20.8 Å². The van der Waals surface area contributed by atoms with Crippen LogP contribution in [0.2, 0.25) is 0 Å². The summed E-state index contributed by atoms with van der Waals surface area (Å²) >= 11 is 0. The van der Waals surface area contributed by atoms with Gasteiger partial charge in [0, 0.05) is 0 Å². The van der Waals surface area contributed by atoms with Crippen LogP contribution in [0.15, 0.2) is 91.0 Å². The number of aliphatic hydroxyl groups excluding tert-OH is 3. The van der Waals surface area contributed by atoms with E-state index >= 15 is 0 Å². The number of aromatic carboxylic acids is 3. The molecular weight excluding hydrogens is 654 g/mol. The first-order chi connectivity index (χ1) is 20.8. The predicted octanol–water partition coefficient (Wildman–Crippen LogP) is -6.26. The fourth-order valence-corrected chi connectivity index (χ4v) is 1.72. The van der Waals surface area contributed by atoms with Gasteiger partial charge in [-0.1, -0.05) is 91.0 Å². The molecule has 15 nitrogen and oxygen atoms in total. The molecular formula is C30H30Al2O15. The summed E-state index contributed by atoms with van der Waals surface area (Å²) in [5, 5.41) is 82.2. The van der Waals surface area contributed by atoms with Crippen molar-refractivity contribution in [3.63, 3.8) is 0 Å². The van der Waals surface area contributed by atoms with Gasteiger partial charge < -0.3 is 74.7 Å². The van der Waals surface area contributed by atoms with Crippen LogP contribution in [0.25, 0.3) is 0 Å². The summed E-state index contributed by atoms with van der Waals surface area (Å²) in [7, 11) is 0. The molecule has 0 fully saturated rings. The van der Waals surface area contributed by atoms with Crippen molar-refractivity contribution in [1.82, 2.24) is 0 Å². The Hall–Kier alpha value is -4.58. The third kappa shape index (κ3) is 34.1. The fraction of sp³-hybridized carbons (Fsp3) is 0.200. The molecule has 17 heteroatoms. The smallest absolute Gasteiger partial charge is 0.547 e. The maximum atomic E-state index is 10.1. The van der Waals surface area contributed by atoms with Crippen molar-refractivity contribution >= 4 is 70.5 Å². The number of rotatable bonds is 6. The predicted molar refractivity (Wildman–Crippen MR) is 154 cm³/mol. The Balaban J connectivity index is -0.000000151. The zero-order valence-electron chi connectivity index (χ0n) is 25.3. The van der Waals surface area contributed by atoms with Gasteiger partial charge >= 0.3 is 34.7 Å². The maximum absolute atomic E-state index is 10.1. The Morgan fingerprint density at radius 2 is 0.532 bits per heavy atom. The first-order valence-corrected chi connectivity index (χ1v) is 12.3. The SMILES string of the molecule is CC(O)C(=O)[O-].CC(O)C(=O)[O-].CC(O)C(=O)[O-].O=C([O-])c1ccccc1.O=C([O-])c1ccccc1.O=C([O-])c1ccccc1.[Al+3].[Al+3]. The Morgan fingerprint density at radius 3 is 0.596 bits per heavy atom. The van der Waals surface area contributed by atoms with E-state index < -0.39 is 54.1 Å². The summed E-state index contributed by atoms with van der Waals surface area (Å²) in [6, 6.07) is 24.2. The van der Waals surface area contributed by atoms with Gasteiger partial charge in [-0.05, 0) is 37.5 Å². The average Bonchev–Trinajstić information content (AvgIpc) is 3.00. The molecule has 0 aliphatic heterocycles. The second kappa shape index (κ2) is 31.4. The topological polar surface area (TPSA) is 301 Å². The Labute approximate surface area is 291 Å². The number of aliphatic hydroxyl groups is 3. The van der Waals surface area contributed by atoms with Crippen LogP contribution in [-0.2, 0) is 14.4 Å². The number of carboxylic acid groups (broad SMARTS) is 6. The van der Waals surface area contributed by atoms with E-state index in [-0.39, 0.29) is 51.4 Å². The minimum atomic E-state index is -1.44. The van der Waals surface area contributed by atoms with Gasteiger partial charge in [0.2, 0.25) is 0 Å². The molecule has 47 heavy (non-hydrogen) atoms. The van der Waals surface area contributed by atoms with Gasteiger partial charge in [-0.2, -0.15) is 0 Å². The number of aliphatic carboxylic acids is 3. The van der Waals surface area contributed by atoms with Crippen molar-refractivity contribution in [3.05, 3.63) is 108 Å². The van der Waals surface area contributed by atoms with E-state index in [1.54, 1.807) is 54.6 Å². The van der Waals surface area contributed by atoms with Crippen LogP contribution < -0.4 is 30.6 Å². The maximum Gasteiger partial charge on any atom is 3.00 e. The molecule has 0 aliphatic carbocycles. The monoisotopic (exact) mass is 684 g/mol. The quantitative estimate of drug-likeness (QED) is 0.203. The van der Waals surface area contributed by atoms with E-state index in [1.807, 2.05) is 0 Å². The molecule has 0 heterocycles. The average molecular weight is 685 g/mol. The molecule has 0 saturated heterocycles. The van der Waals surface area contributed by atoms with E-state index in [4.69, 9.17) is 15.3 Å². The molecule has 0 amide bonds. The van der Waals surface area contributed by atoms with Gasteiger partial charge in [0.15, 0.2) is 0 Å². The van der Waals surface area contributed by atoms with Gasteiger partial charge in [-0.3, -0.25) is 0 Å². The molecule has 3 atom stereocenters. The number of carbonyl (C=O) groups is 6. The molecule has 0 saturated carbocycles. The van der Waals surface area contributed by atoms with Crippen molar-refractivity contribution in [2.75, 3.05) is 0 Å². The molecule has 0 bridgehead atoms. The molecule has 0 spiro atoms. The van der Waals surface area contributed by atoms with Crippen LogP contribution in [0.5, 0.6) is 0 Å². The molecule has 3 N–H and O–H groups in total. The number of benzene rings is 3. The molecule has 3 rings (SSSR count). The van der Waals surface area contributed by atoms with Crippen molar-refractivity contribution < 1.29 is 74.7 Å². The summed E-state index contributed by atoms with van der Waals surface area (Å²) < 4.78 is 0. The largest absolute Gasteiger partial charge is 3.00 e. The molecule has 3 aromatic rings. The molecule has 0 radical (unpaired) electrons. The molecule has 3 unspecified atom stereocenters. The summed E-state index contributed by atoms with van der Waals surface area (Å²) in [6.07, 6.45) is -4.03. The van der Waals surface area contributed by atoms with E-state index in [2.05, 4.69) is 0 Å². The van der Waals surface area contributed by atoms with Crippen LogP contribution in [0.1, 0.15) is 51.8 Å². The summed E-state index contributed by atoms with van der Waals surface area (Å²) in [6.45, 7) is 3.40. The van der Waals surface area contributed by atoms with Crippen molar-refractivity contribution in [3.8, 4) is 0 Å². The second-order valence-electron chi connectivity index (χ2n) is 7.95.